The average molecular weight is 227 g/mol. The summed E-state index contributed by atoms with van der Waals surface area (Å²) in [5, 5.41) is 9.65. The zero-order chi connectivity index (χ0) is 11.5. The molecule has 0 unspecified atom stereocenters. The van der Waals surface area contributed by atoms with Crippen molar-refractivity contribution in [2.45, 2.75) is 40.0 Å². The Balaban J connectivity index is 2.53. The first kappa shape index (κ1) is 12.2. The predicted molar refractivity (Wildman–Crippen MR) is 61.2 cm³/mol. The van der Waals surface area contributed by atoms with Crippen LogP contribution in [0.3, 0.4) is 0 Å². The van der Waals surface area contributed by atoms with E-state index < -0.39 is 5.97 Å². The summed E-state index contributed by atoms with van der Waals surface area (Å²) in [6.07, 6.45) is 3.54. The van der Waals surface area contributed by atoms with Gasteiger partial charge in [-0.1, -0.05) is 20.8 Å². The van der Waals surface area contributed by atoms with Gasteiger partial charge in [0.15, 0.2) is 0 Å². The van der Waals surface area contributed by atoms with Crippen LogP contribution in [0.25, 0.3) is 0 Å². The molecule has 0 fully saturated rings. The maximum Gasteiger partial charge on any atom is 0.303 e. The summed E-state index contributed by atoms with van der Waals surface area (Å²) in [5.74, 6) is -0.749. The van der Waals surface area contributed by atoms with Crippen LogP contribution < -0.4 is 0 Å². The van der Waals surface area contributed by atoms with Crippen molar-refractivity contribution < 1.29 is 9.90 Å². The van der Waals surface area contributed by atoms with Gasteiger partial charge in [0.05, 0.1) is 11.4 Å². The van der Waals surface area contributed by atoms with Crippen molar-refractivity contribution in [3.05, 3.63) is 16.1 Å². The molecule has 1 aromatic rings. The van der Waals surface area contributed by atoms with Gasteiger partial charge in [0, 0.05) is 17.5 Å². The molecule has 1 rings (SSSR count). The van der Waals surface area contributed by atoms with Crippen LogP contribution in [-0.2, 0) is 17.6 Å². The van der Waals surface area contributed by atoms with Crippen molar-refractivity contribution in [2.24, 2.45) is 5.41 Å². The Kier molecular flexibility index (Phi) is 3.85. The molecule has 3 nitrogen and oxygen atoms in total. The van der Waals surface area contributed by atoms with E-state index in [2.05, 4.69) is 25.8 Å². The van der Waals surface area contributed by atoms with Crippen molar-refractivity contribution >= 4 is 17.3 Å². The summed E-state index contributed by atoms with van der Waals surface area (Å²) in [5.41, 5.74) is 0.238. The van der Waals surface area contributed by atoms with Crippen molar-refractivity contribution in [1.29, 1.82) is 0 Å². The Hall–Kier alpha value is -0.900. The Morgan fingerprint density at radius 2 is 2.20 bits per heavy atom. The van der Waals surface area contributed by atoms with Crippen LogP contribution in [0.4, 0.5) is 0 Å². The van der Waals surface area contributed by atoms with Gasteiger partial charge < -0.3 is 5.11 Å². The number of aromatic nitrogens is 1. The van der Waals surface area contributed by atoms with Gasteiger partial charge in [-0.15, -0.1) is 11.3 Å². The lowest BCUT2D eigenvalue weighted by Gasteiger charge is -2.15. The molecule has 15 heavy (non-hydrogen) atoms. The fourth-order valence-electron chi connectivity index (χ4n) is 1.23. The highest BCUT2D eigenvalue weighted by molar-refractivity contribution is 7.11. The normalized spacial score (nSPS) is 11.7. The summed E-state index contributed by atoms with van der Waals surface area (Å²) in [6.45, 7) is 6.52. The van der Waals surface area contributed by atoms with E-state index in [0.717, 1.165) is 16.3 Å². The van der Waals surface area contributed by atoms with Crippen LogP contribution in [0.1, 0.15) is 37.1 Å². The second-order valence-electron chi connectivity index (χ2n) is 4.85. The fourth-order valence-corrected chi connectivity index (χ4v) is 2.45. The first-order valence-electron chi connectivity index (χ1n) is 5.02. The Morgan fingerprint density at radius 3 is 2.73 bits per heavy atom. The second kappa shape index (κ2) is 4.75. The molecule has 84 valence electrons. The van der Waals surface area contributed by atoms with Gasteiger partial charge in [-0.25, -0.2) is 4.98 Å². The smallest absolute Gasteiger partial charge is 0.303 e. The van der Waals surface area contributed by atoms with Crippen LogP contribution >= 0.6 is 11.3 Å². The zero-order valence-corrected chi connectivity index (χ0v) is 10.2. The van der Waals surface area contributed by atoms with E-state index in [1.807, 2.05) is 0 Å². The molecular weight excluding hydrogens is 210 g/mol. The van der Waals surface area contributed by atoms with Gasteiger partial charge in [0.25, 0.3) is 0 Å². The average Bonchev–Trinajstić information content (AvgIpc) is 2.45. The van der Waals surface area contributed by atoms with E-state index in [0.29, 0.717) is 6.42 Å². The molecule has 0 saturated heterocycles. The van der Waals surface area contributed by atoms with Gasteiger partial charge >= 0.3 is 5.97 Å². The number of carboxylic acid groups (broad SMARTS) is 1. The number of rotatable bonds is 4. The molecular formula is C11H17NO2S. The first-order chi connectivity index (χ1) is 6.87. The van der Waals surface area contributed by atoms with Gasteiger partial charge in [-0.2, -0.15) is 0 Å². The largest absolute Gasteiger partial charge is 0.481 e. The monoisotopic (exact) mass is 227 g/mol. The molecule has 0 radical (unpaired) electrons. The lowest BCUT2D eigenvalue weighted by Crippen LogP contribution is -2.08. The SMILES string of the molecule is CC(C)(C)Cc1ncc(CCC(=O)O)s1. The maximum atomic E-state index is 10.4. The number of thiazole rings is 1. The number of hydrogen-bond acceptors (Lipinski definition) is 3. The minimum atomic E-state index is -0.749. The third-order valence-electron chi connectivity index (χ3n) is 1.87. The highest BCUT2D eigenvalue weighted by atomic mass is 32.1. The molecule has 0 amide bonds. The Bertz CT molecular complexity index is 339. The van der Waals surface area contributed by atoms with Crippen LogP contribution in [-0.4, -0.2) is 16.1 Å². The fraction of sp³-hybridized carbons (Fsp3) is 0.636. The van der Waals surface area contributed by atoms with Gasteiger partial charge in [-0.3, -0.25) is 4.79 Å². The molecule has 0 saturated carbocycles. The lowest BCUT2D eigenvalue weighted by atomic mass is 9.93. The van der Waals surface area contributed by atoms with E-state index in [9.17, 15) is 4.79 Å². The molecule has 0 bridgehead atoms. The number of aliphatic carboxylic acids is 1. The van der Waals surface area contributed by atoms with Gasteiger partial charge in [0.1, 0.15) is 0 Å². The van der Waals surface area contributed by atoms with Crippen molar-refractivity contribution in [3.63, 3.8) is 0 Å². The molecule has 1 aromatic heterocycles. The third kappa shape index (κ3) is 4.93. The molecule has 0 aromatic carbocycles. The molecule has 0 aliphatic heterocycles. The van der Waals surface area contributed by atoms with Crippen molar-refractivity contribution in [1.82, 2.24) is 4.98 Å². The van der Waals surface area contributed by atoms with E-state index in [4.69, 9.17) is 5.11 Å². The first-order valence-corrected chi connectivity index (χ1v) is 5.84. The molecule has 0 aliphatic carbocycles. The summed E-state index contributed by atoms with van der Waals surface area (Å²) >= 11 is 1.63. The number of aryl methyl sites for hydroxylation is 1. The van der Waals surface area contributed by atoms with Crippen LogP contribution in [0.15, 0.2) is 6.20 Å². The summed E-state index contributed by atoms with van der Waals surface area (Å²) in [6, 6.07) is 0. The summed E-state index contributed by atoms with van der Waals surface area (Å²) in [4.78, 5) is 15.8. The lowest BCUT2D eigenvalue weighted by molar-refractivity contribution is -0.136. The third-order valence-corrected chi connectivity index (χ3v) is 2.93. The minimum absolute atomic E-state index is 0.192. The molecule has 0 aliphatic rings. The van der Waals surface area contributed by atoms with Crippen LogP contribution in [0.5, 0.6) is 0 Å². The van der Waals surface area contributed by atoms with Crippen molar-refractivity contribution in [2.75, 3.05) is 0 Å². The van der Waals surface area contributed by atoms with Gasteiger partial charge in [-0.05, 0) is 11.8 Å². The minimum Gasteiger partial charge on any atom is -0.481 e. The highest BCUT2D eigenvalue weighted by Crippen LogP contribution is 2.24. The number of hydrogen-bond donors (Lipinski definition) is 1. The summed E-state index contributed by atoms with van der Waals surface area (Å²) in [7, 11) is 0. The van der Waals surface area contributed by atoms with E-state index >= 15 is 0 Å². The number of carboxylic acids is 1. The molecule has 1 heterocycles. The molecule has 0 atom stereocenters. The highest BCUT2D eigenvalue weighted by Gasteiger charge is 2.14. The Morgan fingerprint density at radius 1 is 1.53 bits per heavy atom. The van der Waals surface area contributed by atoms with Gasteiger partial charge in [0.2, 0.25) is 0 Å². The topological polar surface area (TPSA) is 50.2 Å². The molecule has 0 spiro atoms. The number of nitrogens with zero attached hydrogens (tertiary/aromatic N) is 1. The summed E-state index contributed by atoms with van der Waals surface area (Å²) < 4.78 is 0. The molecule has 1 N–H and O–H groups in total. The van der Waals surface area contributed by atoms with Crippen LogP contribution in [0, 0.1) is 5.41 Å². The Labute approximate surface area is 94.2 Å². The standard InChI is InChI=1S/C11H17NO2S/c1-11(2,3)6-9-12-7-8(15-9)4-5-10(13)14/h7H,4-6H2,1-3H3,(H,13,14). The van der Waals surface area contributed by atoms with E-state index in [1.165, 1.54) is 0 Å². The van der Waals surface area contributed by atoms with E-state index in [1.54, 1.807) is 17.5 Å². The van der Waals surface area contributed by atoms with Crippen molar-refractivity contribution in [3.8, 4) is 0 Å². The molecule has 4 heteroatoms. The quantitative estimate of drug-likeness (QED) is 0.860. The number of carbonyl (C=O) groups is 1. The van der Waals surface area contributed by atoms with E-state index in [-0.39, 0.29) is 11.8 Å². The predicted octanol–water partition coefficient (Wildman–Crippen LogP) is 2.75. The second-order valence-corrected chi connectivity index (χ2v) is 6.05. The zero-order valence-electron chi connectivity index (χ0n) is 9.41. The van der Waals surface area contributed by atoms with Crippen LogP contribution in [0.2, 0.25) is 0 Å². The maximum absolute atomic E-state index is 10.4.